The van der Waals surface area contributed by atoms with E-state index >= 15 is 0 Å². The highest BCUT2D eigenvalue weighted by molar-refractivity contribution is 5.91. The average Bonchev–Trinajstić information content (AvgIpc) is 3.11. The molecule has 0 saturated carbocycles. The van der Waals surface area contributed by atoms with Crippen molar-refractivity contribution in [3.8, 4) is 0 Å². The molecule has 2 aromatic heterocycles. The smallest absolute Gasteiger partial charge is 0.292 e. The van der Waals surface area contributed by atoms with Crippen molar-refractivity contribution in [1.29, 1.82) is 0 Å². The molecule has 7 nitrogen and oxygen atoms in total. The van der Waals surface area contributed by atoms with Crippen LogP contribution in [-0.4, -0.2) is 54.7 Å². The molecule has 0 spiro atoms. The molecular weight excluding hydrogens is 332 g/mol. The third-order valence-electron chi connectivity index (χ3n) is 4.49. The van der Waals surface area contributed by atoms with Gasteiger partial charge in [0.05, 0.1) is 24.5 Å². The number of amides is 1. The summed E-state index contributed by atoms with van der Waals surface area (Å²) in [5.74, 6) is 0.345. The lowest BCUT2D eigenvalue weighted by Gasteiger charge is -2.32. The van der Waals surface area contributed by atoms with Crippen LogP contribution in [0.2, 0.25) is 0 Å². The van der Waals surface area contributed by atoms with E-state index in [1.807, 2.05) is 51.9 Å². The Hall–Kier alpha value is -2.41. The van der Waals surface area contributed by atoms with Crippen molar-refractivity contribution in [3.63, 3.8) is 0 Å². The number of hydrogen-bond acceptors (Lipinski definition) is 6. The van der Waals surface area contributed by atoms with Crippen molar-refractivity contribution in [3.05, 3.63) is 41.0 Å². The highest BCUT2D eigenvalue weighted by Crippen LogP contribution is 2.26. The summed E-state index contributed by atoms with van der Waals surface area (Å²) in [4.78, 5) is 21.2. The van der Waals surface area contributed by atoms with Gasteiger partial charge >= 0.3 is 0 Å². The van der Waals surface area contributed by atoms with E-state index in [4.69, 9.17) is 9.26 Å². The first-order chi connectivity index (χ1) is 12.3. The summed E-state index contributed by atoms with van der Waals surface area (Å²) >= 11 is 0. The minimum Gasteiger partial charge on any atom is -0.378 e. The molecule has 1 atom stereocenters. The number of anilines is 1. The van der Waals surface area contributed by atoms with Gasteiger partial charge in [-0.05, 0) is 25.0 Å². The molecule has 3 rings (SSSR count). The quantitative estimate of drug-likeness (QED) is 0.837. The summed E-state index contributed by atoms with van der Waals surface area (Å²) < 4.78 is 11.1. The number of hydrogen-bond donors (Lipinski definition) is 0. The first kappa shape index (κ1) is 18.4. The average molecular weight is 358 g/mol. The zero-order valence-corrected chi connectivity index (χ0v) is 16.0. The molecule has 3 heterocycles. The van der Waals surface area contributed by atoms with Crippen LogP contribution in [0.3, 0.4) is 0 Å². The van der Waals surface area contributed by atoms with E-state index in [0.29, 0.717) is 19.7 Å². The van der Waals surface area contributed by atoms with Crippen LogP contribution in [0.25, 0.3) is 0 Å². The number of rotatable bonds is 4. The lowest BCUT2D eigenvalue weighted by atomic mass is 10.1. The fourth-order valence-electron chi connectivity index (χ4n) is 2.93. The number of carbonyl (C=O) groups is 1. The third-order valence-corrected chi connectivity index (χ3v) is 4.49. The highest BCUT2D eigenvalue weighted by atomic mass is 16.5. The van der Waals surface area contributed by atoms with E-state index in [0.717, 1.165) is 22.8 Å². The maximum Gasteiger partial charge on any atom is 0.292 e. The van der Waals surface area contributed by atoms with Crippen LogP contribution in [0.4, 0.5) is 5.69 Å². The van der Waals surface area contributed by atoms with Gasteiger partial charge in [-0.1, -0.05) is 19.0 Å². The van der Waals surface area contributed by atoms with Crippen molar-refractivity contribution in [2.24, 2.45) is 0 Å². The van der Waals surface area contributed by atoms with Gasteiger partial charge in [-0.15, -0.1) is 0 Å². The van der Waals surface area contributed by atoms with Crippen LogP contribution in [0.1, 0.15) is 53.5 Å². The van der Waals surface area contributed by atoms with Crippen LogP contribution in [-0.2, 0) is 4.74 Å². The minimum absolute atomic E-state index is 0.154. The predicted molar refractivity (Wildman–Crippen MR) is 98.5 cm³/mol. The molecule has 1 aliphatic rings. The maximum absolute atomic E-state index is 12.8. The summed E-state index contributed by atoms with van der Waals surface area (Å²) in [5.41, 5.74) is 3.62. The van der Waals surface area contributed by atoms with Gasteiger partial charge in [-0.2, -0.15) is 0 Å². The second-order valence-electron chi connectivity index (χ2n) is 7.17. The number of nitrogens with zero attached hydrogens (tertiary/aromatic N) is 4. The van der Waals surface area contributed by atoms with Crippen LogP contribution in [0, 0.1) is 6.92 Å². The molecule has 1 aliphatic heterocycles. The van der Waals surface area contributed by atoms with Gasteiger partial charge in [0.25, 0.3) is 5.91 Å². The van der Waals surface area contributed by atoms with Gasteiger partial charge in [-0.3, -0.25) is 9.78 Å². The van der Waals surface area contributed by atoms with Gasteiger partial charge < -0.3 is 19.1 Å². The highest BCUT2D eigenvalue weighted by Gasteiger charge is 2.29. The Morgan fingerprint density at radius 1 is 1.31 bits per heavy atom. The van der Waals surface area contributed by atoms with Crippen molar-refractivity contribution in [1.82, 2.24) is 15.0 Å². The fraction of sp³-hybridized carbons (Fsp3) is 0.526. The van der Waals surface area contributed by atoms with Crippen molar-refractivity contribution in [2.45, 2.75) is 32.8 Å². The van der Waals surface area contributed by atoms with E-state index in [2.05, 4.69) is 10.1 Å². The van der Waals surface area contributed by atoms with Gasteiger partial charge in [0.15, 0.2) is 0 Å². The van der Waals surface area contributed by atoms with Crippen LogP contribution in [0.5, 0.6) is 0 Å². The van der Waals surface area contributed by atoms with E-state index in [1.54, 1.807) is 11.0 Å². The molecule has 0 radical (unpaired) electrons. The lowest BCUT2D eigenvalue weighted by Crippen LogP contribution is -2.42. The zero-order valence-electron chi connectivity index (χ0n) is 16.0. The normalized spacial score (nSPS) is 17.6. The Labute approximate surface area is 153 Å². The number of ether oxygens (including phenoxy) is 1. The first-order valence-corrected chi connectivity index (χ1v) is 8.88. The second-order valence-corrected chi connectivity index (χ2v) is 7.17. The Kier molecular flexibility index (Phi) is 5.27. The molecule has 140 valence electrons. The van der Waals surface area contributed by atoms with E-state index < -0.39 is 0 Å². The first-order valence-electron chi connectivity index (χ1n) is 8.88. The molecule has 0 bridgehead atoms. The van der Waals surface area contributed by atoms with Crippen molar-refractivity contribution < 1.29 is 14.1 Å². The molecular formula is C19H26N4O3. The number of pyridine rings is 1. The number of aromatic nitrogens is 2. The Morgan fingerprint density at radius 3 is 2.73 bits per heavy atom. The SMILES string of the molecule is Cc1cc(N(C)C)cc(C2CN(C(=O)c3cc(C(C)C)no3)CCO2)n1. The standard InChI is InChI=1S/C19H26N4O3/c1-12(2)15-10-17(26-21-15)19(24)23-6-7-25-18(11-23)16-9-14(22(4)5)8-13(3)20-16/h8-10,12,18H,6-7,11H2,1-5H3. The van der Waals surface area contributed by atoms with Gasteiger partial charge in [-0.25, -0.2) is 0 Å². The predicted octanol–water partition coefficient (Wildman–Crippen LogP) is 2.78. The Balaban J connectivity index is 1.77. The summed E-state index contributed by atoms with van der Waals surface area (Å²) in [6.45, 7) is 7.43. The zero-order chi connectivity index (χ0) is 18.8. The molecule has 1 fully saturated rings. The number of morpholine rings is 1. The summed E-state index contributed by atoms with van der Waals surface area (Å²) in [5, 5.41) is 3.98. The van der Waals surface area contributed by atoms with E-state index in [1.165, 1.54) is 0 Å². The molecule has 1 amide bonds. The Bertz CT molecular complexity index is 785. The number of carbonyl (C=O) groups excluding carboxylic acids is 1. The molecule has 0 aliphatic carbocycles. The monoisotopic (exact) mass is 358 g/mol. The topological polar surface area (TPSA) is 71.7 Å². The minimum atomic E-state index is -0.251. The summed E-state index contributed by atoms with van der Waals surface area (Å²) in [6, 6.07) is 5.76. The Morgan fingerprint density at radius 2 is 2.08 bits per heavy atom. The van der Waals surface area contributed by atoms with Gasteiger partial charge in [0.1, 0.15) is 6.10 Å². The fourth-order valence-corrected chi connectivity index (χ4v) is 2.93. The van der Waals surface area contributed by atoms with Crippen LogP contribution < -0.4 is 4.90 Å². The van der Waals surface area contributed by atoms with Crippen LogP contribution >= 0.6 is 0 Å². The molecule has 1 unspecified atom stereocenters. The molecule has 26 heavy (non-hydrogen) atoms. The van der Waals surface area contributed by atoms with Gasteiger partial charge in [0, 0.05) is 38.1 Å². The second kappa shape index (κ2) is 7.45. The summed E-state index contributed by atoms with van der Waals surface area (Å²) in [6.07, 6.45) is -0.251. The maximum atomic E-state index is 12.8. The van der Waals surface area contributed by atoms with Crippen LogP contribution in [0.15, 0.2) is 22.7 Å². The molecule has 0 aromatic carbocycles. The van der Waals surface area contributed by atoms with Gasteiger partial charge in [0.2, 0.25) is 5.76 Å². The lowest BCUT2D eigenvalue weighted by molar-refractivity contribution is -0.0259. The molecule has 2 aromatic rings. The number of aryl methyl sites for hydroxylation is 1. The van der Waals surface area contributed by atoms with Crippen molar-refractivity contribution in [2.75, 3.05) is 38.7 Å². The van der Waals surface area contributed by atoms with E-state index in [-0.39, 0.29) is 23.7 Å². The third kappa shape index (κ3) is 3.88. The largest absolute Gasteiger partial charge is 0.378 e. The van der Waals surface area contributed by atoms with Crippen molar-refractivity contribution >= 4 is 11.6 Å². The molecule has 0 N–H and O–H groups in total. The molecule has 7 heteroatoms. The molecule has 1 saturated heterocycles. The summed E-state index contributed by atoms with van der Waals surface area (Å²) in [7, 11) is 3.98. The van der Waals surface area contributed by atoms with E-state index in [9.17, 15) is 4.79 Å².